The highest BCUT2D eigenvalue weighted by Crippen LogP contribution is 2.60. The molecule has 0 heteroatoms. The van der Waals surface area contributed by atoms with E-state index < -0.39 is 0 Å². The minimum Gasteiger partial charge on any atom is -0.0991 e. The topological polar surface area (TPSA) is 0 Å². The molecule has 2 aromatic carbocycles. The Hall–Kier alpha value is -2.60. The van der Waals surface area contributed by atoms with Crippen LogP contribution < -0.4 is 0 Å². The van der Waals surface area contributed by atoms with Gasteiger partial charge >= 0.3 is 0 Å². The molecule has 0 fully saturated rings. The van der Waals surface area contributed by atoms with E-state index in [0.29, 0.717) is 0 Å². The van der Waals surface area contributed by atoms with Crippen LogP contribution in [0.25, 0.3) is 0 Å². The summed E-state index contributed by atoms with van der Waals surface area (Å²) in [6, 6.07) is 18.1. The molecule has 0 bridgehead atoms. The molecule has 0 aromatic heterocycles. The Morgan fingerprint density at radius 1 is 0.889 bits per heavy atom. The van der Waals surface area contributed by atoms with E-state index in [2.05, 4.69) is 101 Å². The van der Waals surface area contributed by atoms with E-state index in [-0.39, 0.29) is 10.8 Å². The van der Waals surface area contributed by atoms with E-state index in [1.807, 2.05) is 6.08 Å². The molecule has 0 radical (unpaired) electrons. The summed E-state index contributed by atoms with van der Waals surface area (Å²) in [7, 11) is 0. The van der Waals surface area contributed by atoms with E-state index in [9.17, 15) is 0 Å². The lowest BCUT2D eigenvalue weighted by molar-refractivity contribution is 0.558. The van der Waals surface area contributed by atoms with Gasteiger partial charge in [-0.15, -0.1) is 0 Å². The van der Waals surface area contributed by atoms with Crippen LogP contribution in [0.3, 0.4) is 0 Å². The fraction of sp³-hybridized carbons (Fsp3) is 0.259. The summed E-state index contributed by atoms with van der Waals surface area (Å²) < 4.78 is 0. The summed E-state index contributed by atoms with van der Waals surface area (Å²) in [4.78, 5) is 0. The second-order valence-electron chi connectivity index (χ2n) is 8.26. The van der Waals surface area contributed by atoms with Crippen molar-refractivity contribution >= 4 is 0 Å². The average Bonchev–Trinajstić information content (AvgIpc) is 2.94. The van der Waals surface area contributed by atoms with Crippen LogP contribution in [-0.4, -0.2) is 0 Å². The Morgan fingerprint density at radius 3 is 1.89 bits per heavy atom. The zero-order valence-corrected chi connectivity index (χ0v) is 16.8. The Kier molecular flexibility index (Phi) is 4.11. The molecule has 0 heterocycles. The molecule has 0 nitrogen and oxygen atoms in total. The van der Waals surface area contributed by atoms with Crippen molar-refractivity contribution in [1.29, 1.82) is 0 Å². The maximum absolute atomic E-state index is 4.03. The first-order valence-electron chi connectivity index (χ1n) is 9.84. The van der Waals surface area contributed by atoms with E-state index >= 15 is 0 Å². The lowest BCUT2D eigenvalue weighted by atomic mass is 9.55. The first kappa shape index (κ1) is 17.8. The molecule has 0 saturated heterocycles. The number of hydrogen-bond acceptors (Lipinski definition) is 0. The maximum Gasteiger partial charge on any atom is 0.0673 e. The average molecular weight is 353 g/mol. The third-order valence-electron chi connectivity index (χ3n) is 6.46. The Morgan fingerprint density at radius 2 is 1.41 bits per heavy atom. The van der Waals surface area contributed by atoms with Crippen molar-refractivity contribution in [2.45, 2.75) is 44.9 Å². The fourth-order valence-electron chi connectivity index (χ4n) is 5.40. The van der Waals surface area contributed by atoms with Crippen LogP contribution in [0.2, 0.25) is 0 Å². The molecule has 4 rings (SSSR count). The third kappa shape index (κ3) is 2.22. The Labute approximate surface area is 163 Å². The highest BCUT2D eigenvalue weighted by atomic mass is 14.5. The zero-order chi connectivity index (χ0) is 19.2. The summed E-state index contributed by atoms with van der Waals surface area (Å²) in [6.07, 6.45) is 9.70. The number of benzene rings is 2. The van der Waals surface area contributed by atoms with E-state index in [0.717, 1.165) is 6.42 Å². The molecular weight excluding hydrogens is 324 g/mol. The molecular formula is C27H28. The van der Waals surface area contributed by atoms with Gasteiger partial charge in [-0.25, -0.2) is 0 Å². The summed E-state index contributed by atoms with van der Waals surface area (Å²) in [5, 5.41) is 0. The van der Waals surface area contributed by atoms with Gasteiger partial charge in [0.1, 0.15) is 0 Å². The smallest absolute Gasteiger partial charge is 0.0673 e. The van der Waals surface area contributed by atoms with Crippen LogP contribution in [-0.2, 0) is 10.8 Å². The second kappa shape index (κ2) is 6.23. The fourth-order valence-corrected chi connectivity index (χ4v) is 5.40. The second-order valence-corrected chi connectivity index (χ2v) is 8.26. The number of fused-ring (bicyclic) bond motifs is 4. The lowest BCUT2D eigenvalue weighted by Gasteiger charge is -2.47. The monoisotopic (exact) mass is 352 g/mol. The van der Waals surface area contributed by atoms with Crippen molar-refractivity contribution in [1.82, 2.24) is 0 Å². The molecule has 0 atom stereocenters. The van der Waals surface area contributed by atoms with Crippen LogP contribution in [0.5, 0.6) is 0 Å². The number of allylic oxidation sites excluding steroid dienone is 7. The van der Waals surface area contributed by atoms with Crippen LogP contribution in [0.1, 0.15) is 56.4 Å². The predicted octanol–water partition coefficient (Wildman–Crippen LogP) is 7.02. The van der Waals surface area contributed by atoms with Crippen LogP contribution in [0.4, 0.5) is 0 Å². The molecule has 2 aromatic rings. The van der Waals surface area contributed by atoms with Crippen molar-refractivity contribution in [3.8, 4) is 0 Å². The van der Waals surface area contributed by atoms with Gasteiger partial charge in [0, 0.05) is 5.41 Å². The van der Waals surface area contributed by atoms with E-state index in [4.69, 9.17) is 0 Å². The van der Waals surface area contributed by atoms with Gasteiger partial charge < -0.3 is 0 Å². The van der Waals surface area contributed by atoms with Crippen LogP contribution in [0.15, 0.2) is 96.1 Å². The number of hydrogen-bond donors (Lipinski definition) is 0. The van der Waals surface area contributed by atoms with Gasteiger partial charge in [0.05, 0.1) is 5.41 Å². The number of rotatable bonds is 2. The molecule has 2 aliphatic rings. The van der Waals surface area contributed by atoms with Gasteiger partial charge in [0.25, 0.3) is 0 Å². The molecule has 0 unspecified atom stereocenters. The maximum atomic E-state index is 4.03. The van der Waals surface area contributed by atoms with Gasteiger partial charge in [0.15, 0.2) is 0 Å². The summed E-state index contributed by atoms with van der Waals surface area (Å²) >= 11 is 0. The van der Waals surface area contributed by atoms with E-state index in [1.165, 1.54) is 39.0 Å². The first-order chi connectivity index (χ1) is 13.0. The highest BCUT2D eigenvalue weighted by Gasteiger charge is 2.52. The van der Waals surface area contributed by atoms with Gasteiger partial charge in [-0.3, -0.25) is 0 Å². The lowest BCUT2D eigenvalue weighted by Crippen LogP contribution is -2.41. The molecule has 0 amide bonds. The highest BCUT2D eigenvalue weighted by molar-refractivity contribution is 5.73. The van der Waals surface area contributed by atoms with Crippen molar-refractivity contribution in [2.75, 3.05) is 0 Å². The van der Waals surface area contributed by atoms with Crippen molar-refractivity contribution < 1.29 is 0 Å². The van der Waals surface area contributed by atoms with Crippen LogP contribution >= 0.6 is 0 Å². The molecule has 0 aliphatic heterocycles. The van der Waals surface area contributed by atoms with Crippen molar-refractivity contribution in [2.24, 2.45) is 0 Å². The van der Waals surface area contributed by atoms with Gasteiger partial charge in [-0.2, -0.15) is 0 Å². The zero-order valence-electron chi connectivity index (χ0n) is 16.8. The standard InChI is InChI=1S/C27H28/c1-6-12-20-18-19(3)21(13-7-2)27(20)24-16-10-8-14-22(24)26(4,5)23-15-9-11-17-25(23)27/h6-17H,1,18H2,2-5H3/b13-7-,20-12+. The normalized spacial score (nSPS) is 21.0. The summed E-state index contributed by atoms with van der Waals surface area (Å²) in [5.74, 6) is 0. The molecule has 0 saturated carbocycles. The first-order valence-corrected chi connectivity index (χ1v) is 9.84. The Bertz CT molecular complexity index is 958. The van der Waals surface area contributed by atoms with Crippen LogP contribution in [0, 0.1) is 0 Å². The predicted molar refractivity (Wildman–Crippen MR) is 116 cm³/mol. The summed E-state index contributed by atoms with van der Waals surface area (Å²) in [5.41, 5.74) is 9.77. The molecule has 0 N–H and O–H groups in total. The quantitative estimate of drug-likeness (QED) is 0.545. The van der Waals surface area contributed by atoms with Gasteiger partial charge in [-0.05, 0) is 53.7 Å². The molecule has 2 aliphatic carbocycles. The minimum absolute atomic E-state index is 0.0186. The van der Waals surface area contributed by atoms with E-state index in [1.54, 1.807) is 0 Å². The Balaban J connectivity index is 2.23. The third-order valence-corrected chi connectivity index (χ3v) is 6.46. The SMILES string of the molecule is C=C/C=C1\CC(C)=C(/C=C\C)C12c1ccccc1C(C)(C)c1ccccc12. The molecule has 1 spiro atoms. The van der Waals surface area contributed by atoms with Crippen molar-refractivity contribution in [3.63, 3.8) is 0 Å². The summed E-state index contributed by atoms with van der Waals surface area (Å²) in [6.45, 7) is 13.1. The largest absolute Gasteiger partial charge is 0.0991 e. The minimum atomic E-state index is -0.215. The van der Waals surface area contributed by atoms with Crippen molar-refractivity contribution in [3.05, 3.63) is 118 Å². The molecule has 27 heavy (non-hydrogen) atoms. The molecule has 136 valence electrons. The van der Waals surface area contributed by atoms with Gasteiger partial charge in [0.2, 0.25) is 0 Å². The van der Waals surface area contributed by atoms with Gasteiger partial charge in [-0.1, -0.05) is 98.8 Å².